The number of hydrogen-bond donors (Lipinski definition) is 2. The van der Waals surface area contributed by atoms with E-state index >= 15 is 0 Å². The Hall–Kier alpha value is -1.55. The van der Waals surface area contributed by atoms with Crippen molar-refractivity contribution in [2.24, 2.45) is 16.6 Å². The molecule has 0 aromatic heterocycles. The van der Waals surface area contributed by atoms with Gasteiger partial charge in [-0.3, -0.25) is 4.90 Å². The first-order chi connectivity index (χ1) is 9.90. The normalized spacial score (nSPS) is 12.5. The molecule has 0 aliphatic rings. The molecule has 0 fully saturated rings. The van der Waals surface area contributed by atoms with Crippen LogP contribution in [0, 0.1) is 5.92 Å². The second-order valence-electron chi connectivity index (χ2n) is 6.25. The number of guanidine groups is 1. The summed E-state index contributed by atoms with van der Waals surface area (Å²) in [6.45, 7) is 11.1. The summed E-state index contributed by atoms with van der Waals surface area (Å²) in [5.41, 5.74) is 8.45. The van der Waals surface area contributed by atoms with Crippen LogP contribution in [0.15, 0.2) is 29.3 Å². The SMILES string of the molecule is CC(C)CNC(N)=NCc1ccccc1CN(C)C(C)C. The van der Waals surface area contributed by atoms with Crippen LogP contribution in [0.4, 0.5) is 0 Å². The minimum absolute atomic E-state index is 0.524. The first-order valence-corrected chi connectivity index (χ1v) is 7.71. The summed E-state index contributed by atoms with van der Waals surface area (Å²) in [5, 5.41) is 3.15. The van der Waals surface area contributed by atoms with Crippen LogP contribution < -0.4 is 11.1 Å². The average Bonchev–Trinajstić information content (AvgIpc) is 2.44. The quantitative estimate of drug-likeness (QED) is 0.599. The molecule has 21 heavy (non-hydrogen) atoms. The van der Waals surface area contributed by atoms with E-state index in [0.717, 1.165) is 13.1 Å². The zero-order valence-corrected chi connectivity index (χ0v) is 14.1. The molecule has 1 aromatic carbocycles. The van der Waals surface area contributed by atoms with Gasteiger partial charge in [0.05, 0.1) is 6.54 Å². The van der Waals surface area contributed by atoms with Crippen molar-refractivity contribution in [1.29, 1.82) is 0 Å². The standard InChI is InChI=1S/C17H30N4/c1-13(2)10-19-17(18)20-11-15-8-6-7-9-16(15)12-21(5)14(3)4/h6-9,13-14H,10-12H2,1-5H3,(H3,18,19,20). The molecule has 0 aliphatic carbocycles. The van der Waals surface area contributed by atoms with Gasteiger partial charge in [-0.2, -0.15) is 0 Å². The lowest BCUT2D eigenvalue weighted by Crippen LogP contribution is -2.34. The zero-order chi connectivity index (χ0) is 15.8. The summed E-state index contributed by atoms with van der Waals surface area (Å²) in [6, 6.07) is 8.96. The predicted octanol–water partition coefficient (Wildman–Crippen LogP) is 2.59. The molecule has 4 nitrogen and oxygen atoms in total. The van der Waals surface area contributed by atoms with Gasteiger partial charge in [-0.15, -0.1) is 0 Å². The van der Waals surface area contributed by atoms with Crippen molar-refractivity contribution < 1.29 is 0 Å². The van der Waals surface area contributed by atoms with Gasteiger partial charge >= 0.3 is 0 Å². The molecule has 1 aromatic rings. The largest absolute Gasteiger partial charge is 0.370 e. The van der Waals surface area contributed by atoms with Crippen molar-refractivity contribution in [2.45, 2.75) is 46.8 Å². The number of aliphatic imine (C=N–C) groups is 1. The Morgan fingerprint density at radius 3 is 2.38 bits per heavy atom. The monoisotopic (exact) mass is 290 g/mol. The van der Waals surface area contributed by atoms with Gasteiger partial charge < -0.3 is 11.1 Å². The molecule has 0 heterocycles. The Kier molecular flexibility index (Phi) is 7.23. The van der Waals surface area contributed by atoms with Crippen LogP contribution in [0.2, 0.25) is 0 Å². The average molecular weight is 290 g/mol. The molecule has 3 N–H and O–H groups in total. The number of rotatable bonds is 7. The van der Waals surface area contributed by atoms with E-state index in [4.69, 9.17) is 5.73 Å². The second-order valence-corrected chi connectivity index (χ2v) is 6.25. The lowest BCUT2D eigenvalue weighted by molar-refractivity contribution is 0.265. The Bertz CT molecular complexity index is 452. The van der Waals surface area contributed by atoms with Gasteiger partial charge in [0, 0.05) is 19.1 Å². The number of nitrogens with zero attached hydrogens (tertiary/aromatic N) is 2. The topological polar surface area (TPSA) is 53.6 Å². The molecule has 0 aliphatic heterocycles. The summed E-state index contributed by atoms with van der Waals surface area (Å²) < 4.78 is 0. The maximum absolute atomic E-state index is 5.90. The molecule has 0 saturated heterocycles. The summed E-state index contributed by atoms with van der Waals surface area (Å²) in [5.74, 6) is 1.08. The van der Waals surface area contributed by atoms with Crippen LogP contribution in [0.5, 0.6) is 0 Å². The molecule has 4 heteroatoms. The van der Waals surface area contributed by atoms with Crippen LogP contribution in [-0.2, 0) is 13.1 Å². The minimum Gasteiger partial charge on any atom is -0.370 e. The van der Waals surface area contributed by atoms with E-state index in [1.54, 1.807) is 0 Å². The fourth-order valence-corrected chi connectivity index (χ4v) is 1.85. The van der Waals surface area contributed by atoms with Crippen LogP contribution in [0.3, 0.4) is 0 Å². The van der Waals surface area contributed by atoms with Crippen LogP contribution >= 0.6 is 0 Å². The molecule has 118 valence electrons. The Morgan fingerprint density at radius 1 is 1.19 bits per heavy atom. The first-order valence-electron chi connectivity index (χ1n) is 7.71. The first kappa shape index (κ1) is 17.5. The number of benzene rings is 1. The van der Waals surface area contributed by atoms with Gasteiger partial charge in [0.1, 0.15) is 0 Å². The molecular formula is C17H30N4. The Labute approximate surface area is 129 Å². The van der Waals surface area contributed by atoms with E-state index in [2.05, 4.69) is 74.2 Å². The van der Waals surface area contributed by atoms with Gasteiger partial charge in [0.15, 0.2) is 5.96 Å². The van der Waals surface area contributed by atoms with Gasteiger partial charge in [0.25, 0.3) is 0 Å². The highest BCUT2D eigenvalue weighted by molar-refractivity contribution is 5.77. The van der Waals surface area contributed by atoms with E-state index in [-0.39, 0.29) is 0 Å². The second kappa shape index (κ2) is 8.67. The Balaban J connectivity index is 2.68. The number of nitrogens with two attached hydrogens (primary N) is 1. The third kappa shape index (κ3) is 6.63. The summed E-state index contributed by atoms with van der Waals surface area (Å²) in [4.78, 5) is 6.77. The zero-order valence-electron chi connectivity index (χ0n) is 14.1. The van der Waals surface area contributed by atoms with E-state index in [9.17, 15) is 0 Å². The lowest BCUT2D eigenvalue weighted by Gasteiger charge is -2.22. The van der Waals surface area contributed by atoms with E-state index in [0.29, 0.717) is 24.5 Å². The van der Waals surface area contributed by atoms with Crippen LogP contribution in [0.25, 0.3) is 0 Å². The summed E-state index contributed by atoms with van der Waals surface area (Å²) in [7, 11) is 2.14. The molecule has 0 saturated carbocycles. The summed E-state index contributed by atoms with van der Waals surface area (Å²) in [6.07, 6.45) is 0. The van der Waals surface area contributed by atoms with Crippen molar-refractivity contribution in [1.82, 2.24) is 10.2 Å². The highest BCUT2D eigenvalue weighted by Gasteiger charge is 2.07. The van der Waals surface area contributed by atoms with Crippen LogP contribution in [-0.4, -0.2) is 30.5 Å². The predicted molar refractivity (Wildman–Crippen MR) is 91.2 cm³/mol. The van der Waals surface area contributed by atoms with Gasteiger partial charge in [-0.25, -0.2) is 4.99 Å². The van der Waals surface area contributed by atoms with Gasteiger partial charge in [-0.05, 0) is 37.9 Å². The summed E-state index contributed by atoms with van der Waals surface area (Å²) >= 11 is 0. The molecule has 0 atom stereocenters. The third-order valence-electron chi connectivity index (χ3n) is 3.53. The van der Waals surface area contributed by atoms with Gasteiger partial charge in [0.2, 0.25) is 0 Å². The van der Waals surface area contributed by atoms with Crippen molar-refractivity contribution in [3.05, 3.63) is 35.4 Å². The highest BCUT2D eigenvalue weighted by Crippen LogP contribution is 2.13. The highest BCUT2D eigenvalue weighted by atomic mass is 15.1. The number of hydrogen-bond acceptors (Lipinski definition) is 2. The third-order valence-corrected chi connectivity index (χ3v) is 3.53. The lowest BCUT2D eigenvalue weighted by atomic mass is 10.1. The molecule has 0 spiro atoms. The van der Waals surface area contributed by atoms with Crippen molar-refractivity contribution in [3.63, 3.8) is 0 Å². The molecular weight excluding hydrogens is 260 g/mol. The maximum Gasteiger partial charge on any atom is 0.188 e. The van der Waals surface area contributed by atoms with Gasteiger partial charge in [-0.1, -0.05) is 38.1 Å². The van der Waals surface area contributed by atoms with Crippen molar-refractivity contribution in [2.75, 3.05) is 13.6 Å². The fourth-order valence-electron chi connectivity index (χ4n) is 1.85. The molecule has 0 bridgehead atoms. The fraction of sp³-hybridized carbons (Fsp3) is 0.588. The van der Waals surface area contributed by atoms with E-state index in [1.807, 2.05) is 0 Å². The van der Waals surface area contributed by atoms with Crippen molar-refractivity contribution >= 4 is 5.96 Å². The van der Waals surface area contributed by atoms with Crippen LogP contribution in [0.1, 0.15) is 38.8 Å². The molecule has 1 rings (SSSR count). The van der Waals surface area contributed by atoms with E-state index in [1.165, 1.54) is 11.1 Å². The molecule has 0 amide bonds. The smallest absolute Gasteiger partial charge is 0.188 e. The molecule has 0 unspecified atom stereocenters. The maximum atomic E-state index is 5.90. The number of nitrogens with one attached hydrogen (secondary N) is 1. The molecule has 0 radical (unpaired) electrons. The van der Waals surface area contributed by atoms with Crippen molar-refractivity contribution in [3.8, 4) is 0 Å². The minimum atomic E-state index is 0.524. The van der Waals surface area contributed by atoms with E-state index < -0.39 is 0 Å². The Morgan fingerprint density at radius 2 is 1.81 bits per heavy atom.